The molecule has 1 aromatic carbocycles. The van der Waals surface area contributed by atoms with Gasteiger partial charge in [-0.15, -0.1) is 0 Å². The van der Waals surface area contributed by atoms with Gasteiger partial charge in [-0.2, -0.15) is 0 Å². The molecule has 1 fully saturated rings. The number of carbonyl (C=O) groups is 1. The molecule has 0 radical (unpaired) electrons. The molecular weight excluding hydrogens is 290 g/mol. The fraction of sp³-hybridized carbons (Fsp3) is 0.333. The van der Waals surface area contributed by atoms with Crippen LogP contribution in [0.2, 0.25) is 0 Å². The largest absolute Gasteiger partial charge is 0.385 e. The first-order valence-electron chi connectivity index (χ1n) is 6.43. The van der Waals surface area contributed by atoms with E-state index in [2.05, 4.69) is 0 Å². The zero-order valence-corrected chi connectivity index (χ0v) is 13.2. The van der Waals surface area contributed by atoms with Gasteiger partial charge < -0.3 is 4.74 Å². The first kappa shape index (κ1) is 15.2. The molecule has 0 spiro atoms. The normalized spacial score (nSPS) is 17.3. The third kappa shape index (κ3) is 3.69. The van der Waals surface area contributed by atoms with Crippen molar-refractivity contribution >= 4 is 40.3 Å². The van der Waals surface area contributed by atoms with E-state index < -0.39 is 0 Å². The fourth-order valence-electron chi connectivity index (χ4n) is 1.87. The number of methoxy groups -OCH3 is 1. The zero-order chi connectivity index (χ0) is 14.5. The van der Waals surface area contributed by atoms with Crippen molar-refractivity contribution in [3.63, 3.8) is 0 Å². The summed E-state index contributed by atoms with van der Waals surface area (Å²) in [6.45, 7) is 3.29. The van der Waals surface area contributed by atoms with Crippen LogP contribution in [0.3, 0.4) is 0 Å². The van der Waals surface area contributed by atoms with Crippen LogP contribution in [-0.4, -0.2) is 35.4 Å². The lowest BCUT2D eigenvalue weighted by atomic mass is 10.1. The quantitative estimate of drug-likeness (QED) is 0.474. The Morgan fingerprint density at radius 1 is 1.35 bits per heavy atom. The second-order valence-corrected chi connectivity index (χ2v) is 6.27. The SMILES string of the molecule is COCCCN1C(=O)/C(=C/c2ccc(C)cc2)SC1=S. The van der Waals surface area contributed by atoms with Crippen molar-refractivity contribution in [1.82, 2.24) is 4.90 Å². The number of rotatable bonds is 5. The number of nitrogens with zero attached hydrogens (tertiary/aromatic N) is 1. The van der Waals surface area contributed by atoms with Crippen molar-refractivity contribution in [2.75, 3.05) is 20.3 Å². The van der Waals surface area contributed by atoms with Gasteiger partial charge in [-0.1, -0.05) is 53.8 Å². The Labute approximate surface area is 129 Å². The lowest BCUT2D eigenvalue weighted by Crippen LogP contribution is -2.29. The first-order valence-corrected chi connectivity index (χ1v) is 7.65. The Hall–Kier alpha value is -1.17. The highest BCUT2D eigenvalue weighted by Gasteiger charge is 2.31. The Morgan fingerprint density at radius 3 is 2.70 bits per heavy atom. The van der Waals surface area contributed by atoms with Crippen LogP contribution in [0.25, 0.3) is 6.08 Å². The molecular formula is C15H17NO2S2. The zero-order valence-electron chi connectivity index (χ0n) is 11.6. The third-order valence-corrected chi connectivity index (χ3v) is 4.36. The Bertz CT molecular complexity index is 537. The lowest BCUT2D eigenvalue weighted by molar-refractivity contribution is -0.122. The molecule has 1 aliphatic rings. The van der Waals surface area contributed by atoms with Crippen LogP contribution in [0.4, 0.5) is 0 Å². The number of amides is 1. The van der Waals surface area contributed by atoms with Crippen LogP contribution in [0.15, 0.2) is 29.2 Å². The van der Waals surface area contributed by atoms with Gasteiger partial charge in [-0.25, -0.2) is 0 Å². The van der Waals surface area contributed by atoms with Crippen LogP contribution in [0.5, 0.6) is 0 Å². The molecule has 2 rings (SSSR count). The maximum Gasteiger partial charge on any atom is 0.266 e. The molecule has 106 valence electrons. The van der Waals surface area contributed by atoms with E-state index in [0.717, 1.165) is 12.0 Å². The Balaban J connectivity index is 2.09. The summed E-state index contributed by atoms with van der Waals surface area (Å²) in [6, 6.07) is 8.08. The van der Waals surface area contributed by atoms with Crippen LogP contribution in [0.1, 0.15) is 17.5 Å². The molecule has 1 aliphatic heterocycles. The van der Waals surface area contributed by atoms with Gasteiger partial charge in [0, 0.05) is 20.3 Å². The van der Waals surface area contributed by atoms with E-state index in [1.54, 1.807) is 12.0 Å². The number of thioether (sulfide) groups is 1. The molecule has 1 heterocycles. The maximum absolute atomic E-state index is 12.3. The number of thiocarbonyl (C=S) groups is 1. The first-order chi connectivity index (χ1) is 9.61. The van der Waals surface area contributed by atoms with E-state index in [9.17, 15) is 4.79 Å². The highest BCUT2D eigenvalue weighted by molar-refractivity contribution is 8.26. The summed E-state index contributed by atoms with van der Waals surface area (Å²) in [7, 11) is 1.65. The second kappa shape index (κ2) is 7.02. The Kier molecular flexibility index (Phi) is 5.34. The number of hydrogen-bond donors (Lipinski definition) is 0. The predicted molar refractivity (Wildman–Crippen MR) is 87.6 cm³/mol. The Morgan fingerprint density at radius 2 is 2.05 bits per heavy atom. The highest BCUT2D eigenvalue weighted by Crippen LogP contribution is 2.32. The van der Waals surface area contributed by atoms with E-state index in [4.69, 9.17) is 17.0 Å². The fourth-order valence-corrected chi connectivity index (χ4v) is 3.18. The van der Waals surface area contributed by atoms with Crippen molar-refractivity contribution in [3.8, 4) is 0 Å². The standard InChI is InChI=1S/C15H17NO2S2/c1-11-4-6-12(7-5-11)10-13-14(17)16(15(19)20-13)8-3-9-18-2/h4-7,10H,3,8-9H2,1-2H3/b13-10-. The van der Waals surface area contributed by atoms with Crippen molar-refractivity contribution in [1.29, 1.82) is 0 Å². The van der Waals surface area contributed by atoms with Gasteiger partial charge in [0.2, 0.25) is 0 Å². The average molecular weight is 307 g/mol. The minimum Gasteiger partial charge on any atom is -0.385 e. The number of hydrogen-bond acceptors (Lipinski definition) is 4. The van der Waals surface area contributed by atoms with E-state index in [1.165, 1.54) is 17.3 Å². The highest BCUT2D eigenvalue weighted by atomic mass is 32.2. The molecule has 5 heteroatoms. The molecule has 0 aromatic heterocycles. The van der Waals surface area contributed by atoms with Gasteiger partial charge >= 0.3 is 0 Å². The summed E-state index contributed by atoms with van der Waals surface area (Å²) in [4.78, 5) is 14.6. The molecule has 1 saturated heterocycles. The van der Waals surface area contributed by atoms with E-state index in [0.29, 0.717) is 22.4 Å². The van der Waals surface area contributed by atoms with Crippen molar-refractivity contribution in [3.05, 3.63) is 40.3 Å². The molecule has 0 unspecified atom stereocenters. The van der Waals surface area contributed by atoms with Gasteiger partial charge in [-0.05, 0) is 25.0 Å². The molecule has 0 atom stereocenters. The molecule has 0 bridgehead atoms. The van der Waals surface area contributed by atoms with Crippen LogP contribution >= 0.6 is 24.0 Å². The van der Waals surface area contributed by atoms with Crippen molar-refractivity contribution < 1.29 is 9.53 Å². The van der Waals surface area contributed by atoms with E-state index in [1.807, 2.05) is 37.3 Å². The van der Waals surface area contributed by atoms with Gasteiger partial charge in [0.05, 0.1) is 4.91 Å². The van der Waals surface area contributed by atoms with Crippen LogP contribution in [-0.2, 0) is 9.53 Å². The van der Waals surface area contributed by atoms with Gasteiger partial charge in [-0.3, -0.25) is 9.69 Å². The topological polar surface area (TPSA) is 29.5 Å². The third-order valence-electron chi connectivity index (χ3n) is 2.98. The minimum absolute atomic E-state index is 0.00308. The predicted octanol–water partition coefficient (Wildman–Crippen LogP) is 3.23. The van der Waals surface area contributed by atoms with Crippen molar-refractivity contribution in [2.45, 2.75) is 13.3 Å². The summed E-state index contributed by atoms with van der Waals surface area (Å²) >= 11 is 6.63. The molecule has 3 nitrogen and oxygen atoms in total. The summed E-state index contributed by atoms with van der Waals surface area (Å²) in [6.07, 6.45) is 2.69. The average Bonchev–Trinajstić information content (AvgIpc) is 2.69. The molecule has 0 N–H and O–H groups in total. The van der Waals surface area contributed by atoms with Crippen molar-refractivity contribution in [2.24, 2.45) is 0 Å². The van der Waals surface area contributed by atoms with E-state index >= 15 is 0 Å². The number of benzene rings is 1. The molecule has 0 saturated carbocycles. The minimum atomic E-state index is -0.00308. The van der Waals surface area contributed by atoms with Gasteiger partial charge in [0.15, 0.2) is 0 Å². The van der Waals surface area contributed by atoms with Gasteiger partial charge in [0.1, 0.15) is 4.32 Å². The second-order valence-electron chi connectivity index (χ2n) is 4.59. The lowest BCUT2D eigenvalue weighted by Gasteiger charge is -2.13. The monoisotopic (exact) mass is 307 g/mol. The van der Waals surface area contributed by atoms with E-state index in [-0.39, 0.29) is 5.91 Å². The molecule has 20 heavy (non-hydrogen) atoms. The summed E-state index contributed by atoms with van der Waals surface area (Å²) < 4.78 is 5.63. The maximum atomic E-state index is 12.3. The van der Waals surface area contributed by atoms with Crippen LogP contribution < -0.4 is 0 Å². The van der Waals surface area contributed by atoms with Gasteiger partial charge in [0.25, 0.3) is 5.91 Å². The number of aryl methyl sites for hydroxylation is 1. The number of carbonyl (C=O) groups excluding carboxylic acids is 1. The smallest absolute Gasteiger partial charge is 0.266 e. The summed E-state index contributed by atoms with van der Waals surface area (Å²) in [5, 5.41) is 0. The molecule has 0 aliphatic carbocycles. The number of ether oxygens (including phenoxy) is 1. The summed E-state index contributed by atoms with van der Waals surface area (Å²) in [5.74, 6) is -0.00308. The summed E-state index contributed by atoms with van der Waals surface area (Å²) in [5.41, 5.74) is 2.22. The molecule has 1 aromatic rings. The molecule has 1 amide bonds. The van der Waals surface area contributed by atoms with Crippen LogP contribution in [0, 0.1) is 6.92 Å².